The van der Waals surface area contributed by atoms with Crippen LogP contribution < -0.4 is 0 Å². The number of carbonyl (C=O) groups is 3. The minimum absolute atomic E-state index is 0.0645. The number of rotatable bonds is 25. The Balaban J connectivity index is 2.62. The Morgan fingerprint density at radius 3 is 1.66 bits per heavy atom. The predicted molar refractivity (Wildman–Crippen MR) is 156 cm³/mol. The number of hydrogen-bond donors (Lipinski definition) is 0. The zero-order valence-electron chi connectivity index (χ0n) is 24.2. The van der Waals surface area contributed by atoms with E-state index in [1.165, 1.54) is 38.5 Å². The molecule has 0 aliphatic heterocycles. The first kappa shape index (κ1) is 33.9. The molecule has 1 aliphatic carbocycles. The molecular formula is C33H54O5. The Morgan fingerprint density at radius 2 is 1.18 bits per heavy atom. The lowest BCUT2D eigenvalue weighted by molar-refractivity contribution is -0.160. The van der Waals surface area contributed by atoms with Crippen LogP contribution in [0.15, 0.2) is 36.5 Å². The van der Waals surface area contributed by atoms with Gasteiger partial charge in [0.05, 0.1) is 13.2 Å². The number of Topliss-reactive ketones (excluding diaryl/α,β-unsaturated/α-hetero) is 1. The average molecular weight is 531 g/mol. The largest absolute Gasteiger partial charge is 0.465 e. The van der Waals surface area contributed by atoms with Crippen LogP contribution in [-0.4, -0.2) is 30.9 Å². The van der Waals surface area contributed by atoms with Gasteiger partial charge >= 0.3 is 11.9 Å². The number of allylic oxidation sites excluding steroid dienone is 3. The van der Waals surface area contributed by atoms with E-state index in [9.17, 15) is 14.4 Å². The van der Waals surface area contributed by atoms with Crippen molar-refractivity contribution < 1.29 is 23.9 Å². The lowest BCUT2D eigenvalue weighted by atomic mass is 9.93. The number of carbonyl (C=O) groups excluding carboxylic acids is 3. The lowest BCUT2D eigenvalue weighted by Gasteiger charge is -2.18. The number of ether oxygens (including phenoxy) is 2. The SMILES string of the molecule is C=CCCCCCCCCOC(=O)C(C(=O)OCCCCCCCCC=C)C1=C(CCCCC)C(=O)CC1. The summed E-state index contributed by atoms with van der Waals surface area (Å²) < 4.78 is 11.2. The molecule has 5 heteroatoms. The van der Waals surface area contributed by atoms with Crippen molar-refractivity contribution in [1.82, 2.24) is 0 Å². The van der Waals surface area contributed by atoms with Crippen LogP contribution in [0.25, 0.3) is 0 Å². The van der Waals surface area contributed by atoms with Crippen molar-refractivity contribution in [2.24, 2.45) is 5.92 Å². The summed E-state index contributed by atoms with van der Waals surface area (Å²) in [6.07, 6.45) is 23.2. The second kappa shape index (κ2) is 22.8. The Morgan fingerprint density at radius 1 is 0.711 bits per heavy atom. The molecule has 0 aromatic heterocycles. The number of esters is 2. The van der Waals surface area contributed by atoms with E-state index in [-0.39, 0.29) is 5.78 Å². The highest BCUT2D eigenvalue weighted by atomic mass is 16.6. The molecule has 0 aromatic rings. The Labute approximate surface area is 232 Å². The van der Waals surface area contributed by atoms with E-state index in [4.69, 9.17) is 9.47 Å². The van der Waals surface area contributed by atoms with E-state index in [2.05, 4.69) is 20.1 Å². The molecule has 0 unspecified atom stereocenters. The molecule has 0 atom stereocenters. The molecule has 0 radical (unpaired) electrons. The minimum atomic E-state index is -1.10. The van der Waals surface area contributed by atoms with E-state index >= 15 is 0 Å². The quantitative estimate of drug-likeness (QED) is 0.0510. The van der Waals surface area contributed by atoms with Gasteiger partial charge in [-0.3, -0.25) is 14.4 Å². The van der Waals surface area contributed by atoms with Crippen LogP contribution in [0.3, 0.4) is 0 Å². The third kappa shape index (κ3) is 14.7. The molecule has 38 heavy (non-hydrogen) atoms. The van der Waals surface area contributed by atoms with Gasteiger partial charge < -0.3 is 9.47 Å². The first-order valence-electron chi connectivity index (χ1n) is 15.4. The van der Waals surface area contributed by atoms with Gasteiger partial charge in [-0.1, -0.05) is 83.3 Å². The van der Waals surface area contributed by atoms with Gasteiger partial charge in [-0.25, -0.2) is 0 Å². The molecule has 0 fully saturated rings. The van der Waals surface area contributed by atoms with Crippen molar-refractivity contribution in [3.63, 3.8) is 0 Å². The third-order valence-electron chi connectivity index (χ3n) is 7.29. The van der Waals surface area contributed by atoms with Crippen LogP contribution in [0.5, 0.6) is 0 Å². The van der Waals surface area contributed by atoms with Gasteiger partial charge in [-0.05, 0) is 68.9 Å². The van der Waals surface area contributed by atoms with Crippen molar-refractivity contribution in [1.29, 1.82) is 0 Å². The molecule has 216 valence electrons. The summed E-state index contributed by atoms with van der Waals surface area (Å²) in [5, 5.41) is 0. The minimum Gasteiger partial charge on any atom is -0.465 e. The molecular weight excluding hydrogens is 476 g/mol. The Bertz CT molecular complexity index is 698. The van der Waals surface area contributed by atoms with Crippen molar-refractivity contribution in [3.8, 4) is 0 Å². The van der Waals surface area contributed by atoms with Gasteiger partial charge in [0.15, 0.2) is 11.7 Å². The highest BCUT2D eigenvalue weighted by molar-refractivity contribution is 6.05. The van der Waals surface area contributed by atoms with Gasteiger partial charge in [0.2, 0.25) is 0 Å². The fraction of sp³-hybridized carbons (Fsp3) is 0.727. The normalized spacial score (nSPS) is 13.3. The molecule has 0 amide bonds. The number of hydrogen-bond acceptors (Lipinski definition) is 5. The summed E-state index contributed by atoms with van der Waals surface area (Å²) in [5.74, 6) is -2.15. The molecule has 5 nitrogen and oxygen atoms in total. The molecule has 0 saturated carbocycles. The maximum Gasteiger partial charge on any atom is 0.324 e. The van der Waals surface area contributed by atoms with Crippen molar-refractivity contribution in [3.05, 3.63) is 36.5 Å². The second-order valence-electron chi connectivity index (χ2n) is 10.5. The topological polar surface area (TPSA) is 69.7 Å². The summed E-state index contributed by atoms with van der Waals surface area (Å²) in [7, 11) is 0. The van der Waals surface area contributed by atoms with Crippen molar-refractivity contribution in [2.75, 3.05) is 13.2 Å². The van der Waals surface area contributed by atoms with Gasteiger partial charge in [0.25, 0.3) is 0 Å². The summed E-state index contributed by atoms with van der Waals surface area (Å²) in [6.45, 7) is 10.2. The lowest BCUT2D eigenvalue weighted by Crippen LogP contribution is -2.30. The molecule has 0 heterocycles. The third-order valence-corrected chi connectivity index (χ3v) is 7.29. The van der Waals surface area contributed by atoms with Crippen LogP contribution in [0, 0.1) is 5.92 Å². The average Bonchev–Trinajstić information content (AvgIpc) is 3.26. The van der Waals surface area contributed by atoms with Crippen LogP contribution in [-0.2, 0) is 23.9 Å². The number of unbranched alkanes of at least 4 members (excludes halogenated alkanes) is 14. The summed E-state index contributed by atoms with van der Waals surface area (Å²) in [6, 6.07) is 0. The van der Waals surface area contributed by atoms with Gasteiger partial charge in [0.1, 0.15) is 0 Å². The predicted octanol–water partition coefficient (Wildman–Crippen LogP) is 8.76. The highest BCUT2D eigenvalue weighted by Crippen LogP contribution is 2.34. The van der Waals surface area contributed by atoms with Crippen LogP contribution >= 0.6 is 0 Å². The van der Waals surface area contributed by atoms with Crippen molar-refractivity contribution >= 4 is 17.7 Å². The Hall–Kier alpha value is -2.17. The molecule has 0 saturated heterocycles. The first-order chi connectivity index (χ1) is 18.6. The summed E-state index contributed by atoms with van der Waals surface area (Å²) >= 11 is 0. The molecule has 1 aliphatic rings. The maximum absolute atomic E-state index is 13.1. The molecule has 0 aromatic carbocycles. The standard InChI is InChI=1S/C33H54O5/c1-4-7-10-12-14-16-18-21-26-37-32(35)31(29-24-25-30(34)28(29)23-20-9-6-3)33(36)38-27-22-19-17-15-13-11-8-5-2/h4-5,31H,1-2,6-27H2,3H3. The van der Waals surface area contributed by atoms with Gasteiger partial charge in [0, 0.05) is 6.42 Å². The molecule has 0 N–H and O–H groups in total. The monoisotopic (exact) mass is 530 g/mol. The van der Waals surface area contributed by atoms with Crippen LogP contribution in [0.4, 0.5) is 0 Å². The van der Waals surface area contributed by atoms with Crippen LogP contribution in [0.2, 0.25) is 0 Å². The highest BCUT2D eigenvalue weighted by Gasteiger charge is 2.39. The van der Waals surface area contributed by atoms with Gasteiger partial charge in [-0.2, -0.15) is 0 Å². The molecule has 1 rings (SSSR count). The molecule has 0 spiro atoms. The van der Waals surface area contributed by atoms with E-state index < -0.39 is 17.9 Å². The van der Waals surface area contributed by atoms with Crippen molar-refractivity contribution in [2.45, 2.75) is 135 Å². The number of ketones is 1. The van der Waals surface area contributed by atoms with E-state index in [0.29, 0.717) is 43.6 Å². The first-order valence-corrected chi connectivity index (χ1v) is 15.4. The summed E-state index contributed by atoms with van der Waals surface area (Å²) in [4.78, 5) is 38.9. The van der Waals surface area contributed by atoms with Crippen LogP contribution in [0.1, 0.15) is 135 Å². The van der Waals surface area contributed by atoms with E-state index in [1.807, 2.05) is 12.2 Å². The van der Waals surface area contributed by atoms with E-state index in [1.54, 1.807) is 0 Å². The smallest absolute Gasteiger partial charge is 0.324 e. The summed E-state index contributed by atoms with van der Waals surface area (Å²) in [5.41, 5.74) is 1.31. The zero-order chi connectivity index (χ0) is 27.8. The maximum atomic E-state index is 13.1. The second-order valence-corrected chi connectivity index (χ2v) is 10.5. The van der Waals surface area contributed by atoms with E-state index in [0.717, 1.165) is 70.6 Å². The molecule has 0 bridgehead atoms. The Kier molecular flexibility index (Phi) is 20.3. The van der Waals surface area contributed by atoms with Gasteiger partial charge in [-0.15, -0.1) is 13.2 Å². The fourth-order valence-electron chi connectivity index (χ4n) is 4.99. The fourth-order valence-corrected chi connectivity index (χ4v) is 4.99. The zero-order valence-corrected chi connectivity index (χ0v) is 24.2.